The number of benzene rings is 2. The molecule has 178 valence electrons. The first kappa shape index (κ1) is 23.4. The second-order valence-electron chi connectivity index (χ2n) is 8.54. The molecule has 0 atom stereocenters. The summed E-state index contributed by atoms with van der Waals surface area (Å²) in [7, 11) is 0. The minimum absolute atomic E-state index is 0.00567. The number of carbonyl (C=O) groups excluding carboxylic acids is 2. The van der Waals surface area contributed by atoms with Gasteiger partial charge in [-0.1, -0.05) is 12.1 Å². The highest BCUT2D eigenvalue weighted by molar-refractivity contribution is 7.99. The Morgan fingerprint density at radius 3 is 1.50 bits per heavy atom. The molecule has 3 heterocycles. The molecular formula is C25H29N5O2S2. The first-order valence-electron chi connectivity index (χ1n) is 11.6. The van der Waals surface area contributed by atoms with Gasteiger partial charge in [-0.15, -0.1) is 0 Å². The Morgan fingerprint density at radius 1 is 0.706 bits per heavy atom. The molecule has 0 spiro atoms. The molecule has 0 radical (unpaired) electrons. The second kappa shape index (κ2) is 10.1. The second-order valence-corrected chi connectivity index (χ2v) is 11.0. The van der Waals surface area contributed by atoms with E-state index in [1.165, 1.54) is 0 Å². The lowest BCUT2D eigenvalue weighted by atomic mass is 10.1. The summed E-state index contributed by atoms with van der Waals surface area (Å²) in [5, 5.41) is 9.87. The van der Waals surface area contributed by atoms with Crippen LogP contribution in [0.3, 0.4) is 0 Å². The summed E-state index contributed by atoms with van der Waals surface area (Å²) in [4.78, 5) is 30.0. The molecule has 2 amide bonds. The van der Waals surface area contributed by atoms with E-state index in [0.29, 0.717) is 0 Å². The summed E-state index contributed by atoms with van der Waals surface area (Å²) in [6, 6.07) is 14.2. The monoisotopic (exact) mass is 495 g/mol. The van der Waals surface area contributed by atoms with Crippen molar-refractivity contribution in [1.29, 1.82) is 0 Å². The number of amides is 2. The van der Waals surface area contributed by atoms with Crippen LogP contribution in [0.15, 0.2) is 42.5 Å². The van der Waals surface area contributed by atoms with E-state index in [1.54, 1.807) is 23.9 Å². The van der Waals surface area contributed by atoms with Crippen molar-refractivity contribution in [2.45, 2.75) is 13.8 Å². The lowest BCUT2D eigenvalue weighted by Gasteiger charge is -2.36. The molecule has 34 heavy (non-hydrogen) atoms. The Labute approximate surface area is 208 Å². The van der Waals surface area contributed by atoms with Crippen molar-refractivity contribution in [3.8, 4) is 0 Å². The van der Waals surface area contributed by atoms with Crippen molar-refractivity contribution in [2.75, 3.05) is 59.2 Å². The van der Waals surface area contributed by atoms with E-state index in [1.807, 2.05) is 59.9 Å². The molecule has 1 aromatic heterocycles. The van der Waals surface area contributed by atoms with Gasteiger partial charge in [0.1, 0.15) is 0 Å². The van der Waals surface area contributed by atoms with Gasteiger partial charge in [0.25, 0.3) is 0 Å². The third-order valence-electron chi connectivity index (χ3n) is 6.21. The van der Waals surface area contributed by atoms with Gasteiger partial charge in [-0.3, -0.25) is 9.59 Å². The number of nitrogens with zero attached hydrogens (tertiary/aromatic N) is 5. The molecule has 0 unspecified atom stereocenters. The molecule has 0 N–H and O–H groups in total. The maximum absolute atomic E-state index is 12.5. The predicted molar refractivity (Wildman–Crippen MR) is 143 cm³/mol. The van der Waals surface area contributed by atoms with Crippen LogP contribution in [0.2, 0.25) is 0 Å². The number of fused-ring (bicyclic) bond motifs is 2. The zero-order valence-electron chi connectivity index (χ0n) is 19.6. The number of rotatable bonds is 4. The highest BCUT2D eigenvalue weighted by Crippen LogP contribution is 2.29. The predicted octanol–water partition coefficient (Wildman–Crippen LogP) is 4.02. The summed E-state index contributed by atoms with van der Waals surface area (Å²) in [6.07, 6.45) is 0. The molecule has 0 aliphatic carbocycles. The van der Waals surface area contributed by atoms with Crippen LogP contribution >= 0.6 is 23.5 Å². The topological polar surface area (TPSA) is 60.0 Å². The summed E-state index contributed by atoms with van der Waals surface area (Å²) < 4.78 is 0. The Kier molecular flexibility index (Phi) is 6.96. The quantitative estimate of drug-likeness (QED) is 0.507. The Hall–Kier alpha value is -2.33. The number of pyridine rings is 1. The van der Waals surface area contributed by atoms with Gasteiger partial charge in [-0.2, -0.15) is 23.5 Å². The molecule has 2 aliphatic heterocycles. The molecule has 2 aliphatic rings. The van der Waals surface area contributed by atoms with Crippen LogP contribution < -0.4 is 10.0 Å². The van der Waals surface area contributed by atoms with Gasteiger partial charge in [0.05, 0.1) is 22.4 Å². The van der Waals surface area contributed by atoms with Crippen LogP contribution in [0.25, 0.3) is 21.8 Å². The number of hydrazine groups is 2. The summed E-state index contributed by atoms with van der Waals surface area (Å²) in [5.41, 5.74) is 3.35. The number of anilines is 2. The smallest absolute Gasteiger partial charge is 0.238 e. The van der Waals surface area contributed by atoms with Gasteiger partial charge in [0, 0.05) is 73.8 Å². The molecule has 5 rings (SSSR count). The zero-order valence-corrected chi connectivity index (χ0v) is 21.2. The average Bonchev–Trinajstić information content (AvgIpc) is 2.84. The maximum atomic E-state index is 12.5. The van der Waals surface area contributed by atoms with Crippen molar-refractivity contribution in [2.24, 2.45) is 0 Å². The van der Waals surface area contributed by atoms with Gasteiger partial charge >= 0.3 is 0 Å². The fraction of sp³-hybridized carbons (Fsp3) is 0.400. The summed E-state index contributed by atoms with van der Waals surface area (Å²) >= 11 is 3.84. The van der Waals surface area contributed by atoms with E-state index in [4.69, 9.17) is 4.98 Å². The first-order chi connectivity index (χ1) is 16.5. The lowest BCUT2D eigenvalue weighted by molar-refractivity contribution is -0.120. The lowest BCUT2D eigenvalue weighted by Crippen LogP contribution is -2.49. The SMILES string of the molecule is CC(=O)N(c1ccc2cc3ccc(N(C(C)=O)N4CCSCC4)cc3nc2c1)N1CCSCC1. The zero-order chi connectivity index (χ0) is 23.7. The number of carbonyl (C=O) groups is 2. The number of hydrogen-bond donors (Lipinski definition) is 0. The minimum atomic E-state index is 0.00567. The maximum Gasteiger partial charge on any atom is 0.238 e. The van der Waals surface area contributed by atoms with Gasteiger partial charge in [0.15, 0.2) is 0 Å². The molecule has 2 aromatic carbocycles. The van der Waals surface area contributed by atoms with Crippen LogP contribution in [-0.2, 0) is 9.59 Å². The molecule has 0 saturated carbocycles. The van der Waals surface area contributed by atoms with Crippen LogP contribution in [0.1, 0.15) is 13.8 Å². The van der Waals surface area contributed by atoms with Crippen molar-refractivity contribution in [3.63, 3.8) is 0 Å². The van der Waals surface area contributed by atoms with E-state index in [0.717, 1.165) is 82.4 Å². The fourth-order valence-electron chi connectivity index (χ4n) is 4.66. The number of hydrogen-bond acceptors (Lipinski definition) is 7. The number of aromatic nitrogens is 1. The molecular weight excluding hydrogens is 466 g/mol. The Bertz CT molecular complexity index is 1130. The third-order valence-corrected chi connectivity index (χ3v) is 8.09. The van der Waals surface area contributed by atoms with E-state index < -0.39 is 0 Å². The Balaban J connectivity index is 1.53. The molecule has 0 bridgehead atoms. The van der Waals surface area contributed by atoms with Crippen molar-refractivity contribution in [1.82, 2.24) is 15.0 Å². The van der Waals surface area contributed by atoms with Crippen molar-refractivity contribution < 1.29 is 9.59 Å². The van der Waals surface area contributed by atoms with E-state index in [-0.39, 0.29) is 11.8 Å². The van der Waals surface area contributed by atoms with Crippen molar-refractivity contribution >= 4 is 68.5 Å². The van der Waals surface area contributed by atoms with E-state index in [2.05, 4.69) is 16.1 Å². The highest BCUT2D eigenvalue weighted by Gasteiger charge is 2.24. The van der Waals surface area contributed by atoms with Gasteiger partial charge in [0.2, 0.25) is 11.8 Å². The van der Waals surface area contributed by atoms with Crippen LogP contribution in [0.4, 0.5) is 11.4 Å². The largest absolute Gasteiger partial charge is 0.273 e. The molecule has 2 fully saturated rings. The van der Waals surface area contributed by atoms with Gasteiger partial charge in [-0.05, 0) is 30.3 Å². The normalized spacial score (nSPS) is 17.7. The average molecular weight is 496 g/mol. The van der Waals surface area contributed by atoms with E-state index >= 15 is 0 Å². The Morgan fingerprint density at radius 2 is 1.12 bits per heavy atom. The minimum Gasteiger partial charge on any atom is -0.273 e. The van der Waals surface area contributed by atoms with E-state index in [9.17, 15) is 9.59 Å². The standard InChI is InChI=1S/C25H29N5O2S2/c1-18(31)29(27-7-11-33-12-8-27)22-5-3-20-15-21-4-6-23(17-25(21)26-24(20)16-22)30(19(2)32)28-9-13-34-14-10-28/h3-6,15-17H,7-14H2,1-2H3. The van der Waals surface area contributed by atoms with Crippen LogP contribution in [-0.4, -0.2) is 76.0 Å². The molecule has 3 aromatic rings. The molecule has 9 heteroatoms. The van der Waals surface area contributed by atoms with Gasteiger partial charge in [-0.25, -0.2) is 25.0 Å². The number of thioether (sulfide) groups is 2. The van der Waals surface area contributed by atoms with Crippen LogP contribution in [0.5, 0.6) is 0 Å². The molecule has 2 saturated heterocycles. The summed E-state index contributed by atoms with van der Waals surface area (Å²) in [5.74, 6) is 4.09. The first-order valence-corrected chi connectivity index (χ1v) is 13.9. The highest BCUT2D eigenvalue weighted by atomic mass is 32.2. The van der Waals surface area contributed by atoms with Crippen molar-refractivity contribution in [3.05, 3.63) is 42.5 Å². The fourth-order valence-corrected chi connectivity index (χ4v) is 6.43. The van der Waals surface area contributed by atoms with Gasteiger partial charge < -0.3 is 0 Å². The third kappa shape index (κ3) is 4.75. The molecule has 7 nitrogen and oxygen atoms in total. The van der Waals surface area contributed by atoms with Crippen LogP contribution in [0, 0.1) is 0 Å². The summed E-state index contributed by atoms with van der Waals surface area (Å²) in [6.45, 7) is 6.64.